The number of nitrogens with zero attached hydrogens (tertiary/aromatic N) is 2. The summed E-state index contributed by atoms with van der Waals surface area (Å²) in [7, 11) is -3.69. The van der Waals surface area contributed by atoms with Gasteiger partial charge in [0, 0.05) is 31.6 Å². The van der Waals surface area contributed by atoms with E-state index in [-0.39, 0.29) is 23.8 Å². The monoisotopic (exact) mass is 454 g/mol. The van der Waals surface area contributed by atoms with E-state index in [2.05, 4.69) is 27.1 Å². The van der Waals surface area contributed by atoms with Crippen LogP contribution in [-0.2, 0) is 23.1 Å². The van der Waals surface area contributed by atoms with Crippen LogP contribution < -0.4 is 10.0 Å². The number of likely N-dealkylation sites (tertiary alicyclic amines) is 1. The van der Waals surface area contributed by atoms with E-state index in [0.29, 0.717) is 12.1 Å². The van der Waals surface area contributed by atoms with Crippen LogP contribution in [0.25, 0.3) is 0 Å². The van der Waals surface area contributed by atoms with Crippen molar-refractivity contribution in [1.29, 1.82) is 5.26 Å². The Morgan fingerprint density at radius 3 is 2.38 bits per heavy atom. The smallest absolute Gasteiger partial charge is 0.251 e. The van der Waals surface area contributed by atoms with Gasteiger partial charge >= 0.3 is 0 Å². The van der Waals surface area contributed by atoms with E-state index in [1.807, 2.05) is 18.2 Å². The molecule has 1 heterocycles. The van der Waals surface area contributed by atoms with Gasteiger partial charge < -0.3 is 5.32 Å². The van der Waals surface area contributed by atoms with Crippen LogP contribution >= 0.6 is 0 Å². The standard InChI is InChI=1S/C24H30N4O3S/c25-13-6-14-27-32(30,31)23-11-9-22(10-12-23)24(29)26-18-20-7-5-8-21(17-20)19-28-15-3-1-2-4-16-28/h5,7-12,17,27H,1-4,6,14-16,18-19H2,(H,26,29). The third kappa shape index (κ3) is 7.16. The maximum absolute atomic E-state index is 12.5. The first-order chi connectivity index (χ1) is 15.5. The quantitative estimate of drug-likeness (QED) is 0.567. The molecule has 0 aromatic heterocycles. The Morgan fingerprint density at radius 2 is 1.69 bits per heavy atom. The summed E-state index contributed by atoms with van der Waals surface area (Å²) in [4.78, 5) is 15.1. The fourth-order valence-electron chi connectivity index (χ4n) is 3.78. The van der Waals surface area contributed by atoms with E-state index in [9.17, 15) is 13.2 Å². The first-order valence-electron chi connectivity index (χ1n) is 11.0. The van der Waals surface area contributed by atoms with E-state index in [4.69, 9.17) is 5.26 Å². The van der Waals surface area contributed by atoms with Crippen molar-refractivity contribution < 1.29 is 13.2 Å². The number of rotatable bonds is 9. The van der Waals surface area contributed by atoms with Gasteiger partial charge in [-0.15, -0.1) is 0 Å². The van der Waals surface area contributed by atoms with Crippen LogP contribution in [0.5, 0.6) is 0 Å². The minimum absolute atomic E-state index is 0.0535. The Balaban J connectivity index is 1.54. The summed E-state index contributed by atoms with van der Waals surface area (Å²) < 4.78 is 26.7. The minimum atomic E-state index is -3.69. The lowest BCUT2D eigenvalue weighted by atomic mass is 10.1. The van der Waals surface area contributed by atoms with Crippen LogP contribution in [0.3, 0.4) is 0 Å². The second-order valence-corrected chi connectivity index (χ2v) is 9.79. The topological polar surface area (TPSA) is 102 Å². The molecule has 0 bridgehead atoms. The molecule has 0 unspecified atom stereocenters. The van der Waals surface area contributed by atoms with Crippen molar-refractivity contribution in [2.75, 3.05) is 19.6 Å². The Kier molecular flexibility index (Phi) is 8.80. The predicted molar refractivity (Wildman–Crippen MR) is 123 cm³/mol. The van der Waals surface area contributed by atoms with Crippen LogP contribution in [0.1, 0.15) is 53.6 Å². The molecule has 3 rings (SSSR count). The van der Waals surface area contributed by atoms with E-state index < -0.39 is 10.0 Å². The zero-order valence-electron chi connectivity index (χ0n) is 18.2. The number of nitriles is 1. The predicted octanol–water partition coefficient (Wildman–Crippen LogP) is 3.18. The van der Waals surface area contributed by atoms with Gasteiger partial charge in [-0.2, -0.15) is 5.26 Å². The number of benzene rings is 2. The minimum Gasteiger partial charge on any atom is -0.348 e. The zero-order valence-corrected chi connectivity index (χ0v) is 19.0. The Morgan fingerprint density at radius 1 is 1.00 bits per heavy atom. The third-order valence-corrected chi connectivity index (χ3v) is 6.98. The summed E-state index contributed by atoms with van der Waals surface area (Å²) in [5, 5.41) is 11.4. The molecular formula is C24H30N4O3S. The normalized spacial score (nSPS) is 15.0. The van der Waals surface area contributed by atoms with Gasteiger partial charge in [0.1, 0.15) is 0 Å². The summed E-state index contributed by atoms with van der Waals surface area (Å²) in [6, 6.07) is 15.9. The molecule has 0 radical (unpaired) electrons. The van der Waals surface area contributed by atoms with Crippen molar-refractivity contribution in [1.82, 2.24) is 14.9 Å². The molecule has 1 aliphatic heterocycles. The van der Waals surface area contributed by atoms with Gasteiger partial charge in [-0.05, 0) is 61.3 Å². The van der Waals surface area contributed by atoms with Gasteiger partial charge in [-0.3, -0.25) is 9.69 Å². The maximum Gasteiger partial charge on any atom is 0.251 e. The van der Waals surface area contributed by atoms with Crippen molar-refractivity contribution in [2.24, 2.45) is 0 Å². The molecule has 1 fully saturated rings. The number of amides is 1. The Hall–Kier alpha value is -2.73. The van der Waals surface area contributed by atoms with Crippen molar-refractivity contribution in [3.05, 3.63) is 65.2 Å². The highest BCUT2D eigenvalue weighted by Crippen LogP contribution is 2.15. The third-order valence-electron chi connectivity index (χ3n) is 5.51. The summed E-state index contributed by atoms with van der Waals surface area (Å²) in [5.74, 6) is -0.260. The van der Waals surface area contributed by atoms with Crippen molar-refractivity contribution in [2.45, 2.75) is 50.1 Å². The Bertz CT molecular complexity index is 1040. The van der Waals surface area contributed by atoms with Gasteiger partial charge in [-0.1, -0.05) is 37.1 Å². The molecule has 170 valence electrons. The molecule has 0 spiro atoms. The number of carbonyl (C=O) groups is 1. The SMILES string of the molecule is N#CCCNS(=O)(=O)c1ccc(C(=O)NCc2cccc(CN3CCCCCC3)c2)cc1. The van der Waals surface area contributed by atoms with Gasteiger partial charge in [0.05, 0.1) is 11.0 Å². The molecule has 1 saturated heterocycles. The van der Waals surface area contributed by atoms with Crippen LogP contribution in [-0.4, -0.2) is 38.9 Å². The van der Waals surface area contributed by atoms with Crippen LogP contribution in [0.4, 0.5) is 0 Å². The number of sulfonamides is 1. The zero-order chi connectivity index (χ0) is 22.8. The molecule has 1 amide bonds. The average molecular weight is 455 g/mol. The summed E-state index contributed by atoms with van der Waals surface area (Å²) in [5.41, 5.74) is 2.67. The molecule has 2 aromatic carbocycles. The molecule has 8 heteroatoms. The molecule has 2 aromatic rings. The van der Waals surface area contributed by atoms with Crippen LogP contribution in [0, 0.1) is 11.3 Å². The van der Waals surface area contributed by atoms with E-state index >= 15 is 0 Å². The molecule has 7 nitrogen and oxygen atoms in total. The number of carbonyl (C=O) groups excluding carboxylic acids is 1. The lowest BCUT2D eigenvalue weighted by Gasteiger charge is -2.20. The second kappa shape index (κ2) is 11.8. The highest BCUT2D eigenvalue weighted by Gasteiger charge is 2.15. The van der Waals surface area contributed by atoms with Crippen molar-refractivity contribution in [3.63, 3.8) is 0 Å². The molecule has 32 heavy (non-hydrogen) atoms. The molecule has 0 saturated carbocycles. The van der Waals surface area contributed by atoms with E-state index in [1.165, 1.54) is 55.5 Å². The van der Waals surface area contributed by atoms with Crippen LogP contribution in [0.15, 0.2) is 53.4 Å². The highest BCUT2D eigenvalue weighted by molar-refractivity contribution is 7.89. The van der Waals surface area contributed by atoms with Gasteiger partial charge in [0.25, 0.3) is 5.91 Å². The van der Waals surface area contributed by atoms with Gasteiger partial charge in [-0.25, -0.2) is 13.1 Å². The second-order valence-electron chi connectivity index (χ2n) is 8.02. The van der Waals surface area contributed by atoms with Gasteiger partial charge in [0.2, 0.25) is 10.0 Å². The lowest BCUT2D eigenvalue weighted by molar-refractivity contribution is 0.0950. The first-order valence-corrected chi connectivity index (χ1v) is 12.5. The maximum atomic E-state index is 12.5. The molecule has 0 atom stereocenters. The Labute approximate surface area is 190 Å². The van der Waals surface area contributed by atoms with E-state index in [0.717, 1.165) is 25.2 Å². The first kappa shape index (κ1) is 23.9. The number of hydrogen-bond acceptors (Lipinski definition) is 5. The molecule has 2 N–H and O–H groups in total. The average Bonchev–Trinajstić information content (AvgIpc) is 3.06. The summed E-state index contributed by atoms with van der Waals surface area (Å²) >= 11 is 0. The lowest BCUT2D eigenvalue weighted by Crippen LogP contribution is -2.25. The van der Waals surface area contributed by atoms with Crippen LogP contribution in [0.2, 0.25) is 0 Å². The largest absolute Gasteiger partial charge is 0.348 e. The summed E-state index contributed by atoms with van der Waals surface area (Å²) in [6.07, 6.45) is 5.23. The molecular weight excluding hydrogens is 424 g/mol. The molecule has 0 aliphatic carbocycles. The van der Waals surface area contributed by atoms with Crippen molar-refractivity contribution >= 4 is 15.9 Å². The van der Waals surface area contributed by atoms with Crippen molar-refractivity contribution in [3.8, 4) is 6.07 Å². The number of hydrogen-bond donors (Lipinski definition) is 2. The summed E-state index contributed by atoms with van der Waals surface area (Å²) in [6.45, 7) is 3.67. The van der Waals surface area contributed by atoms with Gasteiger partial charge in [0.15, 0.2) is 0 Å². The number of nitrogens with one attached hydrogen (secondary N) is 2. The fraction of sp³-hybridized carbons (Fsp3) is 0.417. The van der Waals surface area contributed by atoms with E-state index in [1.54, 1.807) is 0 Å². The fourth-order valence-corrected chi connectivity index (χ4v) is 4.82. The molecule has 1 aliphatic rings. The highest BCUT2D eigenvalue weighted by atomic mass is 32.2.